The van der Waals surface area contributed by atoms with Gasteiger partial charge in [-0.3, -0.25) is 0 Å². The topological polar surface area (TPSA) is 68.2 Å². The van der Waals surface area contributed by atoms with E-state index in [1.165, 1.54) is 19.1 Å². The lowest BCUT2D eigenvalue weighted by atomic mass is 10.0. The van der Waals surface area contributed by atoms with Crippen LogP contribution in [0.4, 0.5) is 4.79 Å². The highest BCUT2D eigenvalue weighted by atomic mass is 16.7. The smallest absolute Gasteiger partial charge is 0.410 e. The van der Waals surface area contributed by atoms with Crippen LogP contribution in [0.2, 0.25) is 0 Å². The molecule has 1 amide bonds. The second-order valence-electron chi connectivity index (χ2n) is 4.97. The maximum Gasteiger partial charge on any atom is 0.410 e. The molecule has 116 valence electrons. The van der Waals surface area contributed by atoms with Gasteiger partial charge in [0, 0.05) is 27.2 Å². The van der Waals surface area contributed by atoms with E-state index in [2.05, 4.69) is 0 Å². The van der Waals surface area contributed by atoms with E-state index in [0.717, 1.165) is 5.56 Å². The van der Waals surface area contributed by atoms with Gasteiger partial charge in [-0.15, -0.1) is 0 Å². The highest BCUT2D eigenvalue weighted by molar-refractivity contribution is 5.67. The molecule has 0 spiro atoms. The minimum Gasteiger partial charge on any atom is -0.445 e. The Bertz CT molecular complexity index is 460. The van der Waals surface area contributed by atoms with E-state index in [9.17, 15) is 9.90 Å². The molecule has 1 aliphatic rings. The lowest BCUT2D eigenvalue weighted by Crippen LogP contribution is -2.58. The SMILES string of the molecule is COC1(OC)CCN(C(=O)OCc2ccccc2)C[C@@H]1O. The number of carbonyl (C=O) groups excluding carboxylic acids is 1. The number of β-amino-alcohol motifs (C(OH)–C–C–N with tert-alkyl or cyclic N) is 1. The second-order valence-corrected chi connectivity index (χ2v) is 4.97. The predicted octanol–water partition coefficient (Wildman–Crippen LogP) is 1.38. The third-order valence-corrected chi connectivity index (χ3v) is 3.79. The summed E-state index contributed by atoms with van der Waals surface area (Å²) in [5, 5.41) is 10.1. The third-order valence-electron chi connectivity index (χ3n) is 3.79. The Hall–Kier alpha value is -1.63. The Morgan fingerprint density at radius 1 is 1.33 bits per heavy atom. The molecule has 0 aliphatic carbocycles. The largest absolute Gasteiger partial charge is 0.445 e. The van der Waals surface area contributed by atoms with Crippen LogP contribution in [0, 0.1) is 0 Å². The lowest BCUT2D eigenvalue weighted by molar-refractivity contribution is -0.276. The van der Waals surface area contributed by atoms with Crippen LogP contribution < -0.4 is 0 Å². The van der Waals surface area contributed by atoms with Gasteiger partial charge in [0.15, 0.2) is 5.79 Å². The molecule has 1 aliphatic heterocycles. The Morgan fingerprint density at radius 3 is 2.57 bits per heavy atom. The number of piperidine rings is 1. The van der Waals surface area contributed by atoms with Gasteiger partial charge in [0.05, 0.1) is 6.54 Å². The Kier molecular flexibility index (Phi) is 5.17. The number of aliphatic hydroxyl groups excluding tert-OH is 1. The van der Waals surface area contributed by atoms with E-state index in [1.807, 2.05) is 30.3 Å². The van der Waals surface area contributed by atoms with E-state index in [4.69, 9.17) is 14.2 Å². The maximum absolute atomic E-state index is 12.0. The molecule has 0 bridgehead atoms. The molecule has 1 N–H and O–H groups in total. The summed E-state index contributed by atoms with van der Waals surface area (Å²) in [5.41, 5.74) is 0.923. The van der Waals surface area contributed by atoms with E-state index in [1.54, 1.807) is 0 Å². The van der Waals surface area contributed by atoms with Gasteiger partial charge in [0.25, 0.3) is 0 Å². The maximum atomic E-state index is 12.0. The summed E-state index contributed by atoms with van der Waals surface area (Å²) < 4.78 is 15.7. The van der Waals surface area contributed by atoms with E-state index >= 15 is 0 Å². The number of nitrogens with zero attached hydrogens (tertiary/aromatic N) is 1. The van der Waals surface area contributed by atoms with Crippen molar-refractivity contribution in [1.82, 2.24) is 4.90 Å². The van der Waals surface area contributed by atoms with Crippen molar-refractivity contribution in [3.8, 4) is 0 Å². The molecular weight excluding hydrogens is 274 g/mol. The van der Waals surface area contributed by atoms with Crippen molar-refractivity contribution in [3.63, 3.8) is 0 Å². The van der Waals surface area contributed by atoms with E-state index < -0.39 is 18.0 Å². The molecule has 6 heteroatoms. The highest BCUT2D eigenvalue weighted by Crippen LogP contribution is 2.27. The van der Waals surface area contributed by atoms with Gasteiger partial charge >= 0.3 is 6.09 Å². The average Bonchev–Trinajstić information content (AvgIpc) is 2.54. The molecule has 0 unspecified atom stereocenters. The first kappa shape index (κ1) is 15.8. The summed E-state index contributed by atoms with van der Waals surface area (Å²) in [4.78, 5) is 13.5. The number of carbonyl (C=O) groups is 1. The number of hydrogen-bond donors (Lipinski definition) is 1. The van der Waals surface area contributed by atoms with Crippen molar-refractivity contribution in [2.75, 3.05) is 27.3 Å². The van der Waals surface area contributed by atoms with Gasteiger partial charge in [-0.25, -0.2) is 4.79 Å². The Balaban J connectivity index is 1.87. The molecule has 1 saturated heterocycles. The summed E-state index contributed by atoms with van der Waals surface area (Å²) in [6.45, 7) is 0.744. The molecule has 2 rings (SSSR count). The van der Waals surface area contributed by atoms with Crippen molar-refractivity contribution in [1.29, 1.82) is 0 Å². The van der Waals surface area contributed by atoms with Crippen LogP contribution in [0.5, 0.6) is 0 Å². The number of benzene rings is 1. The quantitative estimate of drug-likeness (QED) is 0.850. The van der Waals surface area contributed by atoms with Crippen molar-refractivity contribution in [3.05, 3.63) is 35.9 Å². The summed E-state index contributed by atoms with van der Waals surface area (Å²) in [7, 11) is 2.96. The van der Waals surface area contributed by atoms with E-state index in [0.29, 0.717) is 13.0 Å². The van der Waals surface area contributed by atoms with Crippen LogP contribution in [0.1, 0.15) is 12.0 Å². The van der Waals surface area contributed by atoms with Gasteiger partial charge in [-0.05, 0) is 5.56 Å². The molecule has 0 radical (unpaired) electrons. The standard InChI is InChI=1S/C15H21NO5/c1-19-15(20-2)8-9-16(10-13(15)17)14(18)21-11-12-6-4-3-5-7-12/h3-7,13,17H,8-11H2,1-2H3/t13-/m0/s1. The molecule has 0 aromatic heterocycles. The molecule has 1 aromatic rings. The van der Waals surface area contributed by atoms with Gasteiger partial charge in [0.1, 0.15) is 12.7 Å². The Morgan fingerprint density at radius 2 is 2.00 bits per heavy atom. The fourth-order valence-electron chi connectivity index (χ4n) is 2.43. The molecule has 21 heavy (non-hydrogen) atoms. The van der Waals surface area contributed by atoms with Gasteiger partial charge in [0.2, 0.25) is 0 Å². The molecule has 0 saturated carbocycles. The number of aliphatic hydroxyl groups is 1. The molecule has 1 fully saturated rings. The van der Waals surface area contributed by atoms with E-state index in [-0.39, 0.29) is 13.2 Å². The first-order valence-corrected chi connectivity index (χ1v) is 6.85. The fraction of sp³-hybridized carbons (Fsp3) is 0.533. The van der Waals surface area contributed by atoms with Crippen molar-refractivity contribution >= 4 is 6.09 Å². The van der Waals surface area contributed by atoms with Gasteiger partial charge in [-0.1, -0.05) is 30.3 Å². The first-order valence-electron chi connectivity index (χ1n) is 6.85. The number of amides is 1. The number of methoxy groups -OCH3 is 2. The van der Waals surface area contributed by atoms with Crippen LogP contribution in [-0.2, 0) is 20.8 Å². The van der Waals surface area contributed by atoms with Gasteiger partial charge in [-0.2, -0.15) is 0 Å². The number of likely N-dealkylation sites (tertiary alicyclic amines) is 1. The first-order chi connectivity index (χ1) is 10.1. The second kappa shape index (κ2) is 6.89. The van der Waals surface area contributed by atoms with Gasteiger partial charge < -0.3 is 24.2 Å². The van der Waals surface area contributed by atoms with Crippen molar-refractivity contribution in [2.45, 2.75) is 24.9 Å². The van der Waals surface area contributed by atoms with Crippen LogP contribution in [0.25, 0.3) is 0 Å². The average molecular weight is 295 g/mol. The zero-order chi connectivity index (χ0) is 15.3. The summed E-state index contributed by atoms with van der Waals surface area (Å²) in [5.74, 6) is -1.05. The van der Waals surface area contributed by atoms with Crippen LogP contribution in [0.3, 0.4) is 0 Å². The third kappa shape index (κ3) is 3.53. The molecule has 1 aromatic carbocycles. The minimum atomic E-state index is -1.05. The minimum absolute atomic E-state index is 0.120. The molecule has 1 heterocycles. The summed E-state index contributed by atoms with van der Waals surface area (Å²) in [6.07, 6.45) is -0.967. The molecular formula is C15H21NO5. The fourth-order valence-corrected chi connectivity index (χ4v) is 2.43. The Labute approximate surface area is 124 Å². The predicted molar refractivity (Wildman–Crippen MR) is 75.6 cm³/mol. The monoisotopic (exact) mass is 295 g/mol. The van der Waals surface area contributed by atoms with Crippen molar-refractivity contribution < 1.29 is 24.1 Å². The zero-order valence-electron chi connectivity index (χ0n) is 12.3. The molecule has 1 atom stereocenters. The number of rotatable bonds is 4. The number of hydrogen-bond acceptors (Lipinski definition) is 5. The van der Waals surface area contributed by atoms with Crippen LogP contribution >= 0.6 is 0 Å². The number of ether oxygens (including phenoxy) is 3. The van der Waals surface area contributed by atoms with Crippen LogP contribution in [-0.4, -0.2) is 55.3 Å². The highest BCUT2D eigenvalue weighted by Gasteiger charge is 2.44. The lowest BCUT2D eigenvalue weighted by Gasteiger charge is -2.42. The van der Waals surface area contributed by atoms with Crippen molar-refractivity contribution in [2.24, 2.45) is 0 Å². The summed E-state index contributed by atoms with van der Waals surface area (Å²) >= 11 is 0. The normalized spacial score (nSPS) is 21.1. The zero-order valence-corrected chi connectivity index (χ0v) is 12.3. The summed E-state index contributed by atoms with van der Waals surface area (Å²) in [6, 6.07) is 9.46. The van der Waals surface area contributed by atoms with Crippen LogP contribution in [0.15, 0.2) is 30.3 Å². The molecule has 6 nitrogen and oxygen atoms in total.